The highest BCUT2D eigenvalue weighted by Crippen LogP contribution is 2.24. The monoisotopic (exact) mass is 342 g/mol. The third kappa shape index (κ3) is 3.15. The van der Waals surface area contributed by atoms with E-state index in [1.165, 1.54) is 0 Å². The highest BCUT2D eigenvalue weighted by molar-refractivity contribution is 6.31. The van der Waals surface area contributed by atoms with Crippen LogP contribution in [0.5, 0.6) is 0 Å². The van der Waals surface area contributed by atoms with Gasteiger partial charge in [-0.25, -0.2) is 0 Å². The maximum Gasteiger partial charge on any atom is 0.254 e. The topological polar surface area (TPSA) is 40.6 Å². The van der Waals surface area contributed by atoms with E-state index < -0.39 is 6.04 Å². The number of hydrogen-bond donors (Lipinski definition) is 0. The predicted molar refractivity (Wildman–Crippen MR) is 95.5 cm³/mol. The van der Waals surface area contributed by atoms with Gasteiger partial charge in [-0.05, 0) is 44.2 Å². The van der Waals surface area contributed by atoms with Crippen LogP contribution in [0.25, 0.3) is 0 Å². The van der Waals surface area contributed by atoms with Crippen LogP contribution >= 0.6 is 11.6 Å². The first-order chi connectivity index (χ1) is 11.5. The summed E-state index contributed by atoms with van der Waals surface area (Å²) in [7, 11) is 0. The van der Waals surface area contributed by atoms with Gasteiger partial charge < -0.3 is 9.80 Å². The molecule has 1 atom stereocenters. The van der Waals surface area contributed by atoms with Gasteiger partial charge in [0.2, 0.25) is 5.91 Å². The molecule has 4 nitrogen and oxygen atoms in total. The summed E-state index contributed by atoms with van der Waals surface area (Å²) in [5, 5.41) is 0.589. The molecule has 0 N–H and O–H groups in total. The lowest BCUT2D eigenvalue weighted by Gasteiger charge is -2.39. The van der Waals surface area contributed by atoms with Gasteiger partial charge >= 0.3 is 0 Å². The van der Waals surface area contributed by atoms with Crippen LogP contribution in [0, 0.1) is 6.92 Å². The Balaban J connectivity index is 1.79. The van der Waals surface area contributed by atoms with E-state index >= 15 is 0 Å². The molecule has 24 heavy (non-hydrogen) atoms. The number of amides is 2. The van der Waals surface area contributed by atoms with Crippen LogP contribution in [0.1, 0.15) is 22.8 Å². The fourth-order valence-corrected chi connectivity index (χ4v) is 3.09. The van der Waals surface area contributed by atoms with Crippen LogP contribution in [0.15, 0.2) is 48.5 Å². The largest absolute Gasteiger partial charge is 0.325 e. The maximum atomic E-state index is 12.7. The van der Waals surface area contributed by atoms with Gasteiger partial charge in [-0.3, -0.25) is 9.59 Å². The van der Waals surface area contributed by atoms with Gasteiger partial charge in [-0.1, -0.05) is 35.4 Å². The van der Waals surface area contributed by atoms with E-state index in [2.05, 4.69) is 0 Å². The van der Waals surface area contributed by atoms with Crippen molar-refractivity contribution in [3.05, 3.63) is 64.7 Å². The summed E-state index contributed by atoms with van der Waals surface area (Å²) in [5.74, 6) is -0.203. The highest BCUT2D eigenvalue weighted by Gasteiger charge is 2.35. The molecule has 0 aromatic heterocycles. The van der Waals surface area contributed by atoms with Crippen molar-refractivity contribution in [2.24, 2.45) is 0 Å². The first-order valence-corrected chi connectivity index (χ1v) is 8.30. The molecule has 3 rings (SSSR count). The molecule has 0 aliphatic carbocycles. The van der Waals surface area contributed by atoms with Gasteiger partial charge in [0, 0.05) is 29.4 Å². The minimum Gasteiger partial charge on any atom is -0.325 e. The summed E-state index contributed by atoms with van der Waals surface area (Å²) in [4.78, 5) is 28.7. The lowest BCUT2D eigenvalue weighted by molar-refractivity contribution is -0.124. The molecule has 1 aliphatic heterocycles. The van der Waals surface area contributed by atoms with Crippen molar-refractivity contribution >= 4 is 29.1 Å². The summed E-state index contributed by atoms with van der Waals surface area (Å²) >= 11 is 6.02. The third-order valence-electron chi connectivity index (χ3n) is 4.33. The average Bonchev–Trinajstić information content (AvgIpc) is 2.57. The molecule has 1 heterocycles. The molecule has 2 aromatic carbocycles. The second-order valence-electron chi connectivity index (χ2n) is 6.01. The van der Waals surface area contributed by atoms with Crippen molar-refractivity contribution in [3.8, 4) is 0 Å². The Morgan fingerprint density at radius 1 is 1.12 bits per heavy atom. The number of carbonyl (C=O) groups excluding carboxylic acids is 2. The third-order valence-corrected chi connectivity index (χ3v) is 4.57. The molecule has 5 heteroatoms. The molecule has 1 unspecified atom stereocenters. The molecular weight excluding hydrogens is 324 g/mol. The summed E-state index contributed by atoms with van der Waals surface area (Å²) < 4.78 is 0. The van der Waals surface area contributed by atoms with Crippen molar-refractivity contribution in [3.63, 3.8) is 0 Å². The van der Waals surface area contributed by atoms with Gasteiger partial charge in [-0.15, -0.1) is 0 Å². The van der Waals surface area contributed by atoms with E-state index in [1.54, 1.807) is 41.0 Å². The number of hydrogen-bond acceptors (Lipinski definition) is 2. The summed E-state index contributed by atoms with van der Waals surface area (Å²) in [6.07, 6.45) is 0. The molecule has 2 amide bonds. The minimum absolute atomic E-state index is 0.0935. The molecule has 0 bridgehead atoms. The Kier molecular flexibility index (Phi) is 4.58. The normalized spacial score (nSPS) is 18.0. The van der Waals surface area contributed by atoms with Crippen molar-refractivity contribution < 1.29 is 9.59 Å². The number of piperazine rings is 1. The van der Waals surface area contributed by atoms with Crippen molar-refractivity contribution in [1.82, 2.24) is 4.90 Å². The quantitative estimate of drug-likeness (QED) is 0.837. The summed E-state index contributed by atoms with van der Waals surface area (Å²) in [6.45, 7) is 4.70. The zero-order valence-corrected chi connectivity index (χ0v) is 14.5. The van der Waals surface area contributed by atoms with Crippen LogP contribution in [-0.4, -0.2) is 35.8 Å². The zero-order chi connectivity index (χ0) is 17.3. The number of aryl methyl sites for hydroxylation is 1. The minimum atomic E-state index is -0.508. The number of rotatable bonds is 2. The SMILES string of the molecule is Cc1ccc(C(=O)N2CCN(c3cccc(Cl)c3)C(=O)C2C)cc1. The molecule has 0 spiro atoms. The number of carbonyl (C=O) groups is 2. The van der Waals surface area contributed by atoms with Crippen LogP contribution < -0.4 is 4.90 Å². The standard InChI is InChI=1S/C19H19ClN2O2/c1-13-6-8-15(9-7-13)19(24)21-10-11-22(18(23)14(21)2)17-5-3-4-16(20)12-17/h3-9,12,14H,10-11H2,1-2H3. The number of anilines is 1. The lowest BCUT2D eigenvalue weighted by Crippen LogP contribution is -2.57. The molecule has 1 aliphatic rings. The highest BCUT2D eigenvalue weighted by atomic mass is 35.5. The van der Waals surface area contributed by atoms with Crippen LogP contribution in [0.3, 0.4) is 0 Å². The molecule has 2 aromatic rings. The molecule has 0 saturated carbocycles. The Hall–Kier alpha value is -2.33. The van der Waals surface area contributed by atoms with Crippen LogP contribution in [-0.2, 0) is 4.79 Å². The second kappa shape index (κ2) is 6.65. The average molecular weight is 343 g/mol. The zero-order valence-electron chi connectivity index (χ0n) is 13.7. The number of halogens is 1. The van der Waals surface area contributed by atoms with Gasteiger partial charge in [-0.2, -0.15) is 0 Å². The van der Waals surface area contributed by atoms with Gasteiger partial charge in [0.15, 0.2) is 0 Å². The van der Waals surface area contributed by atoms with E-state index in [4.69, 9.17) is 11.6 Å². The van der Waals surface area contributed by atoms with Gasteiger partial charge in [0.05, 0.1) is 0 Å². The van der Waals surface area contributed by atoms with E-state index in [1.807, 2.05) is 31.2 Å². The smallest absolute Gasteiger partial charge is 0.254 e. The molecule has 1 saturated heterocycles. The molecule has 124 valence electrons. The fraction of sp³-hybridized carbons (Fsp3) is 0.263. The van der Waals surface area contributed by atoms with Crippen LogP contribution in [0.4, 0.5) is 5.69 Å². The van der Waals surface area contributed by atoms with E-state index in [0.29, 0.717) is 23.7 Å². The molecular formula is C19H19ClN2O2. The first-order valence-electron chi connectivity index (χ1n) is 7.92. The van der Waals surface area contributed by atoms with Crippen molar-refractivity contribution in [1.29, 1.82) is 0 Å². The van der Waals surface area contributed by atoms with E-state index in [-0.39, 0.29) is 11.8 Å². The van der Waals surface area contributed by atoms with Crippen molar-refractivity contribution in [2.45, 2.75) is 19.9 Å². The Bertz CT molecular complexity index is 773. The van der Waals surface area contributed by atoms with Crippen molar-refractivity contribution in [2.75, 3.05) is 18.0 Å². The van der Waals surface area contributed by atoms with Crippen LogP contribution in [0.2, 0.25) is 5.02 Å². The number of nitrogens with zero attached hydrogens (tertiary/aromatic N) is 2. The Morgan fingerprint density at radius 2 is 1.83 bits per heavy atom. The fourth-order valence-electron chi connectivity index (χ4n) is 2.91. The summed E-state index contributed by atoms with van der Waals surface area (Å²) in [5.41, 5.74) is 2.47. The Morgan fingerprint density at radius 3 is 2.50 bits per heavy atom. The van der Waals surface area contributed by atoms with E-state index in [9.17, 15) is 9.59 Å². The number of benzene rings is 2. The molecule has 1 fully saturated rings. The first kappa shape index (κ1) is 16.5. The summed E-state index contributed by atoms with van der Waals surface area (Å²) in [6, 6.07) is 14.1. The van der Waals surface area contributed by atoms with Gasteiger partial charge in [0.1, 0.15) is 6.04 Å². The van der Waals surface area contributed by atoms with E-state index in [0.717, 1.165) is 11.3 Å². The predicted octanol–water partition coefficient (Wildman–Crippen LogP) is 3.53. The maximum absolute atomic E-state index is 12.7. The second-order valence-corrected chi connectivity index (χ2v) is 6.45. The van der Waals surface area contributed by atoms with Gasteiger partial charge in [0.25, 0.3) is 5.91 Å². The Labute approximate surface area is 146 Å². The lowest BCUT2D eigenvalue weighted by atomic mass is 10.1. The molecule has 0 radical (unpaired) electrons.